The van der Waals surface area contributed by atoms with E-state index in [0.717, 1.165) is 56.3 Å². The van der Waals surface area contributed by atoms with Gasteiger partial charge in [-0.05, 0) is 60.9 Å². The van der Waals surface area contributed by atoms with Gasteiger partial charge in [-0.2, -0.15) is 0 Å². The lowest BCUT2D eigenvalue weighted by Gasteiger charge is -2.55. The number of carbonyl (C=O) groups is 1. The van der Waals surface area contributed by atoms with Crippen molar-refractivity contribution in [2.45, 2.75) is 69.5 Å². The summed E-state index contributed by atoms with van der Waals surface area (Å²) in [5.74, 6) is 0.832. The Morgan fingerprint density at radius 3 is 2.69 bits per heavy atom. The van der Waals surface area contributed by atoms with Crippen molar-refractivity contribution < 1.29 is 14.6 Å². The van der Waals surface area contributed by atoms with Crippen LogP contribution in [0.3, 0.4) is 0 Å². The van der Waals surface area contributed by atoms with Crippen LogP contribution in [0.15, 0.2) is 48.5 Å². The van der Waals surface area contributed by atoms with E-state index in [-0.39, 0.29) is 11.3 Å². The molecule has 2 aromatic rings. The van der Waals surface area contributed by atoms with E-state index in [4.69, 9.17) is 4.74 Å². The molecular weight excluding hydrogens is 362 g/mol. The van der Waals surface area contributed by atoms with E-state index in [2.05, 4.69) is 35.6 Å². The van der Waals surface area contributed by atoms with Crippen molar-refractivity contribution in [3.63, 3.8) is 0 Å². The first-order valence-corrected chi connectivity index (χ1v) is 10.8. The molecule has 4 heteroatoms. The fourth-order valence-corrected chi connectivity index (χ4v) is 5.40. The Bertz CT molecular complexity index is 866. The number of fused-ring (bicyclic) bond motifs is 3. The van der Waals surface area contributed by atoms with Gasteiger partial charge >= 0.3 is 0 Å². The minimum atomic E-state index is -0.700. The maximum Gasteiger partial charge on any atom is 0.216 e. The minimum absolute atomic E-state index is 0.0169. The van der Waals surface area contributed by atoms with Crippen LogP contribution in [0.25, 0.3) is 0 Å². The normalized spacial score (nSPS) is 25.6. The summed E-state index contributed by atoms with van der Waals surface area (Å²) in [5, 5.41) is 14.6. The van der Waals surface area contributed by atoms with Gasteiger partial charge in [0.2, 0.25) is 5.91 Å². The van der Waals surface area contributed by atoms with Gasteiger partial charge in [-0.15, -0.1) is 0 Å². The maximum absolute atomic E-state index is 11.7. The number of amides is 1. The predicted molar refractivity (Wildman–Crippen MR) is 114 cm³/mol. The zero-order valence-corrected chi connectivity index (χ0v) is 17.2. The van der Waals surface area contributed by atoms with Crippen LogP contribution < -0.4 is 10.1 Å². The molecule has 2 atom stereocenters. The summed E-state index contributed by atoms with van der Waals surface area (Å²) < 4.78 is 6.11. The van der Waals surface area contributed by atoms with Crippen LogP contribution >= 0.6 is 0 Å². The van der Waals surface area contributed by atoms with E-state index < -0.39 is 5.60 Å². The molecule has 29 heavy (non-hydrogen) atoms. The van der Waals surface area contributed by atoms with Gasteiger partial charge in [0.15, 0.2) is 0 Å². The standard InChI is InChI=1S/C25H31NO3/c1-19(27)26-16-15-24-12-5-6-13-25(24,28)14-11-21-9-10-22(17-23(21)24)29-18-20-7-3-2-4-8-20/h2-4,7-10,17,28H,5-6,11-16,18H2,1H3,(H,26,27). The molecule has 0 heterocycles. The molecule has 2 aliphatic carbocycles. The van der Waals surface area contributed by atoms with Gasteiger partial charge in [-0.25, -0.2) is 0 Å². The number of nitrogens with one attached hydrogen (secondary N) is 1. The quantitative estimate of drug-likeness (QED) is 0.770. The Morgan fingerprint density at radius 1 is 1.10 bits per heavy atom. The Morgan fingerprint density at radius 2 is 1.90 bits per heavy atom. The molecule has 0 aliphatic heterocycles. The molecule has 0 saturated heterocycles. The summed E-state index contributed by atoms with van der Waals surface area (Å²) in [6.07, 6.45) is 6.42. The highest BCUT2D eigenvalue weighted by Gasteiger charge is 2.54. The topological polar surface area (TPSA) is 58.6 Å². The number of carbonyl (C=O) groups excluding carboxylic acids is 1. The fourth-order valence-electron chi connectivity index (χ4n) is 5.40. The van der Waals surface area contributed by atoms with Crippen LogP contribution in [0, 0.1) is 0 Å². The molecular formula is C25H31NO3. The first kappa shape index (κ1) is 20.0. The molecule has 1 amide bonds. The van der Waals surface area contributed by atoms with Crippen molar-refractivity contribution in [2.24, 2.45) is 0 Å². The average molecular weight is 394 g/mol. The molecule has 2 aromatic carbocycles. The smallest absolute Gasteiger partial charge is 0.216 e. The van der Waals surface area contributed by atoms with Crippen molar-refractivity contribution in [2.75, 3.05) is 6.54 Å². The summed E-state index contributed by atoms with van der Waals surface area (Å²) in [5.41, 5.74) is 2.66. The highest BCUT2D eigenvalue weighted by atomic mass is 16.5. The van der Waals surface area contributed by atoms with Crippen molar-refractivity contribution in [1.29, 1.82) is 0 Å². The van der Waals surface area contributed by atoms with Crippen LogP contribution in [0.5, 0.6) is 5.75 Å². The molecule has 0 spiro atoms. The lowest BCUT2D eigenvalue weighted by atomic mass is 9.53. The number of benzene rings is 2. The van der Waals surface area contributed by atoms with Crippen LogP contribution in [0.4, 0.5) is 0 Å². The monoisotopic (exact) mass is 393 g/mol. The summed E-state index contributed by atoms with van der Waals surface area (Å²) in [7, 11) is 0. The second-order valence-electron chi connectivity index (χ2n) is 8.65. The lowest BCUT2D eigenvalue weighted by Crippen LogP contribution is -2.57. The number of ether oxygens (including phenoxy) is 1. The summed E-state index contributed by atoms with van der Waals surface area (Å²) in [6.45, 7) is 2.67. The zero-order valence-electron chi connectivity index (χ0n) is 17.2. The van der Waals surface area contributed by atoms with Gasteiger partial charge in [0.1, 0.15) is 12.4 Å². The molecule has 2 aliphatic rings. The molecule has 0 aromatic heterocycles. The number of aliphatic hydroxyl groups is 1. The minimum Gasteiger partial charge on any atom is -0.489 e. The van der Waals surface area contributed by atoms with E-state index >= 15 is 0 Å². The fraction of sp³-hybridized carbons (Fsp3) is 0.480. The van der Waals surface area contributed by atoms with Crippen LogP contribution in [-0.2, 0) is 23.2 Å². The Labute approximate surface area is 173 Å². The molecule has 0 bridgehead atoms. The second kappa shape index (κ2) is 8.19. The van der Waals surface area contributed by atoms with Gasteiger partial charge < -0.3 is 15.2 Å². The van der Waals surface area contributed by atoms with E-state index in [9.17, 15) is 9.90 Å². The molecule has 1 fully saturated rings. The van der Waals surface area contributed by atoms with Crippen molar-refractivity contribution in [1.82, 2.24) is 5.32 Å². The lowest BCUT2D eigenvalue weighted by molar-refractivity contribution is -0.119. The van der Waals surface area contributed by atoms with E-state index in [1.54, 1.807) is 6.92 Å². The third-order valence-electron chi connectivity index (χ3n) is 6.91. The first-order valence-electron chi connectivity index (χ1n) is 10.8. The Hall–Kier alpha value is -2.33. The summed E-state index contributed by atoms with van der Waals surface area (Å²) in [6, 6.07) is 16.5. The Kier molecular flexibility index (Phi) is 5.64. The third kappa shape index (κ3) is 3.91. The van der Waals surface area contributed by atoms with Gasteiger partial charge in [-0.3, -0.25) is 4.79 Å². The van der Waals surface area contributed by atoms with Crippen molar-refractivity contribution in [3.05, 3.63) is 65.2 Å². The third-order valence-corrected chi connectivity index (χ3v) is 6.91. The van der Waals surface area contributed by atoms with Crippen LogP contribution in [0.1, 0.15) is 62.1 Å². The molecule has 154 valence electrons. The zero-order chi connectivity index (χ0) is 20.3. The van der Waals surface area contributed by atoms with Crippen molar-refractivity contribution in [3.8, 4) is 5.75 Å². The van der Waals surface area contributed by atoms with Gasteiger partial charge in [0, 0.05) is 18.9 Å². The number of hydrogen-bond donors (Lipinski definition) is 2. The second-order valence-corrected chi connectivity index (χ2v) is 8.65. The van der Waals surface area contributed by atoms with Crippen LogP contribution in [0.2, 0.25) is 0 Å². The molecule has 4 rings (SSSR count). The highest BCUT2D eigenvalue weighted by molar-refractivity contribution is 5.72. The molecule has 1 saturated carbocycles. The Balaban J connectivity index is 1.64. The maximum atomic E-state index is 11.7. The van der Waals surface area contributed by atoms with Gasteiger partial charge in [0.25, 0.3) is 0 Å². The SMILES string of the molecule is CC(=O)NCCC12CCCCC1(O)CCc1ccc(OCc3ccccc3)cc12. The molecule has 0 radical (unpaired) electrons. The van der Waals surface area contributed by atoms with Crippen LogP contribution in [-0.4, -0.2) is 23.2 Å². The van der Waals surface area contributed by atoms with Gasteiger partial charge in [0.05, 0.1) is 5.60 Å². The number of rotatable bonds is 6. The van der Waals surface area contributed by atoms with E-state index in [0.29, 0.717) is 13.2 Å². The molecule has 2 N–H and O–H groups in total. The molecule has 4 nitrogen and oxygen atoms in total. The number of aryl methyl sites for hydroxylation is 1. The van der Waals surface area contributed by atoms with E-state index in [1.165, 1.54) is 11.1 Å². The highest BCUT2D eigenvalue weighted by Crippen LogP contribution is 2.55. The average Bonchev–Trinajstić information content (AvgIpc) is 2.73. The molecule has 2 unspecified atom stereocenters. The first-order chi connectivity index (χ1) is 14.0. The largest absolute Gasteiger partial charge is 0.489 e. The number of hydrogen-bond acceptors (Lipinski definition) is 3. The van der Waals surface area contributed by atoms with Crippen molar-refractivity contribution >= 4 is 5.91 Å². The summed E-state index contributed by atoms with van der Waals surface area (Å²) >= 11 is 0. The predicted octanol–water partition coefficient (Wildman–Crippen LogP) is 4.28. The summed E-state index contributed by atoms with van der Waals surface area (Å²) in [4.78, 5) is 11.4. The van der Waals surface area contributed by atoms with E-state index in [1.807, 2.05) is 18.2 Å². The van der Waals surface area contributed by atoms with Gasteiger partial charge in [-0.1, -0.05) is 49.2 Å².